The second kappa shape index (κ2) is 6.61. The fourth-order valence-corrected chi connectivity index (χ4v) is 4.28. The highest BCUT2D eigenvalue weighted by Gasteiger charge is 2.39. The van der Waals surface area contributed by atoms with E-state index in [0.717, 1.165) is 4.38 Å². The Morgan fingerprint density at radius 3 is 3.05 bits per heavy atom. The third-order valence-corrected chi connectivity index (χ3v) is 5.24. The van der Waals surface area contributed by atoms with Gasteiger partial charge < -0.3 is 17.7 Å². The fraction of sp³-hybridized carbons (Fsp3) is 0.167. The SMILES string of the molecule is O=[N+]([O-])c1cccnc1SC1=NCC2(C=CC=C[NH2+]2)S1.[Cl-]. The molecule has 21 heavy (non-hydrogen) atoms. The van der Waals surface area contributed by atoms with Crippen molar-refractivity contribution in [1.29, 1.82) is 0 Å². The topological polar surface area (TPSA) is 85.0 Å². The zero-order valence-corrected chi connectivity index (χ0v) is 13.1. The molecule has 0 saturated carbocycles. The van der Waals surface area contributed by atoms with E-state index < -0.39 is 4.92 Å². The molecule has 0 amide bonds. The number of halogens is 1. The molecule has 9 heteroatoms. The molecule has 0 saturated heterocycles. The fourth-order valence-electron chi connectivity index (χ4n) is 1.88. The lowest BCUT2D eigenvalue weighted by Crippen LogP contribution is -3.00. The van der Waals surface area contributed by atoms with E-state index >= 15 is 0 Å². The van der Waals surface area contributed by atoms with Crippen LogP contribution in [0.5, 0.6) is 0 Å². The summed E-state index contributed by atoms with van der Waals surface area (Å²) in [7, 11) is 0. The first kappa shape index (κ1) is 16.0. The van der Waals surface area contributed by atoms with E-state index in [2.05, 4.69) is 21.4 Å². The first-order chi connectivity index (χ1) is 9.69. The Balaban J connectivity index is 0.00000161. The maximum Gasteiger partial charge on any atom is 0.301 e. The Kier molecular flexibility index (Phi) is 5.04. The Labute approximate surface area is 135 Å². The molecule has 3 rings (SSSR count). The predicted octanol–water partition coefficient (Wildman–Crippen LogP) is -1.47. The van der Waals surface area contributed by atoms with Gasteiger partial charge in [0.25, 0.3) is 0 Å². The van der Waals surface area contributed by atoms with Crippen LogP contribution in [0.3, 0.4) is 0 Å². The maximum atomic E-state index is 11.0. The molecule has 0 fully saturated rings. The van der Waals surface area contributed by atoms with Gasteiger partial charge in [0, 0.05) is 12.3 Å². The number of nitro groups is 1. The minimum Gasteiger partial charge on any atom is -1.00 e. The van der Waals surface area contributed by atoms with Gasteiger partial charge in [0.1, 0.15) is 10.9 Å². The van der Waals surface area contributed by atoms with E-state index in [1.807, 2.05) is 18.4 Å². The molecule has 1 atom stereocenters. The Morgan fingerprint density at radius 1 is 1.48 bits per heavy atom. The van der Waals surface area contributed by atoms with E-state index in [-0.39, 0.29) is 23.0 Å². The van der Waals surface area contributed by atoms with Crippen molar-refractivity contribution in [1.82, 2.24) is 4.98 Å². The van der Waals surface area contributed by atoms with Gasteiger partial charge >= 0.3 is 5.69 Å². The van der Waals surface area contributed by atoms with Crippen molar-refractivity contribution in [2.24, 2.45) is 4.99 Å². The van der Waals surface area contributed by atoms with Crippen LogP contribution in [0.2, 0.25) is 0 Å². The Morgan fingerprint density at radius 2 is 2.33 bits per heavy atom. The van der Waals surface area contributed by atoms with Gasteiger partial charge in [-0.15, -0.1) is 0 Å². The summed E-state index contributed by atoms with van der Waals surface area (Å²) in [6.45, 7) is 0.654. The molecular formula is C12H11ClN4O2S2. The molecule has 110 valence electrons. The van der Waals surface area contributed by atoms with E-state index in [1.165, 1.54) is 17.8 Å². The van der Waals surface area contributed by atoms with Crippen LogP contribution >= 0.6 is 23.5 Å². The smallest absolute Gasteiger partial charge is 0.301 e. The highest BCUT2D eigenvalue weighted by Crippen LogP contribution is 2.39. The van der Waals surface area contributed by atoms with Gasteiger partial charge in [-0.3, -0.25) is 15.1 Å². The van der Waals surface area contributed by atoms with Gasteiger partial charge in [0.2, 0.25) is 0 Å². The molecule has 1 spiro atoms. The summed E-state index contributed by atoms with van der Waals surface area (Å²) < 4.78 is 0.808. The number of hydrogen-bond acceptors (Lipinski definition) is 6. The number of aromatic nitrogens is 1. The molecule has 2 N–H and O–H groups in total. The average molecular weight is 343 g/mol. The van der Waals surface area contributed by atoms with Gasteiger partial charge in [-0.2, -0.15) is 0 Å². The van der Waals surface area contributed by atoms with Crippen LogP contribution in [0, 0.1) is 10.1 Å². The number of aliphatic imine (C=N–C) groups is 1. The second-order valence-corrected chi connectivity index (χ2v) is 6.82. The van der Waals surface area contributed by atoms with Crippen molar-refractivity contribution >= 4 is 33.6 Å². The van der Waals surface area contributed by atoms with E-state index in [9.17, 15) is 10.1 Å². The number of allylic oxidation sites excluding steroid dienone is 2. The zero-order chi connectivity index (χ0) is 14.0. The summed E-state index contributed by atoms with van der Waals surface area (Å²) in [6.07, 6.45) is 9.63. The predicted molar refractivity (Wildman–Crippen MR) is 79.6 cm³/mol. The van der Waals surface area contributed by atoms with E-state index in [0.29, 0.717) is 11.6 Å². The largest absolute Gasteiger partial charge is 1.00 e. The monoisotopic (exact) mass is 342 g/mol. The first-order valence-corrected chi connectivity index (χ1v) is 7.53. The molecule has 0 radical (unpaired) electrons. The van der Waals surface area contributed by atoms with Crippen molar-refractivity contribution in [2.75, 3.05) is 6.54 Å². The molecule has 0 aliphatic carbocycles. The van der Waals surface area contributed by atoms with E-state index in [1.54, 1.807) is 24.0 Å². The second-order valence-electron chi connectivity index (χ2n) is 4.24. The number of nitrogens with two attached hydrogens (primary N) is 1. The van der Waals surface area contributed by atoms with Crippen LogP contribution in [0.15, 0.2) is 52.8 Å². The maximum absolute atomic E-state index is 11.0. The van der Waals surface area contributed by atoms with Crippen molar-refractivity contribution in [3.05, 3.63) is 52.9 Å². The lowest BCUT2D eigenvalue weighted by atomic mass is 10.2. The van der Waals surface area contributed by atoms with Crippen LogP contribution in [0.25, 0.3) is 0 Å². The molecule has 0 aromatic carbocycles. The van der Waals surface area contributed by atoms with Crippen LogP contribution in [0.1, 0.15) is 0 Å². The van der Waals surface area contributed by atoms with Gasteiger partial charge in [-0.25, -0.2) is 4.98 Å². The van der Waals surface area contributed by atoms with E-state index in [4.69, 9.17) is 0 Å². The zero-order valence-electron chi connectivity index (χ0n) is 10.7. The number of nitrogens with zero attached hydrogens (tertiary/aromatic N) is 3. The van der Waals surface area contributed by atoms with Gasteiger partial charge in [0.05, 0.1) is 11.1 Å². The summed E-state index contributed by atoms with van der Waals surface area (Å²) in [4.78, 5) is 19.0. The molecule has 2 aliphatic heterocycles. The van der Waals surface area contributed by atoms with Gasteiger partial charge in [-0.05, 0) is 41.7 Å². The van der Waals surface area contributed by atoms with Crippen molar-refractivity contribution in [2.45, 2.75) is 9.90 Å². The lowest BCUT2D eigenvalue weighted by Gasteiger charge is -2.20. The highest BCUT2D eigenvalue weighted by atomic mass is 35.5. The number of thioether (sulfide) groups is 2. The van der Waals surface area contributed by atoms with Crippen molar-refractivity contribution in [3.63, 3.8) is 0 Å². The number of rotatable bonds is 2. The molecule has 1 aromatic heterocycles. The molecule has 1 unspecified atom stereocenters. The normalized spacial score (nSPS) is 23.0. The average Bonchev–Trinajstić information content (AvgIpc) is 2.82. The molecular weight excluding hydrogens is 332 g/mol. The lowest BCUT2D eigenvalue weighted by molar-refractivity contribution is -0.626. The Bertz CT molecular complexity index is 650. The highest BCUT2D eigenvalue weighted by molar-refractivity contribution is 8.39. The van der Waals surface area contributed by atoms with Crippen molar-refractivity contribution in [3.8, 4) is 0 Å². The Hall–Kier alpha value is -1.35. The van der Waals surface area contributed by atoms with Gasteiger partial charge in [0.15, 0.2) is 9.90 Å². The molecule has 3 heterocycles. The summed E-state index contributed by atoms with van der Waals surface area (Å²) in [5.74, 6) is 0. The van der Waals surface area contributed by atoms with Crippen LogP contribution in [0.4, 0.5) is 5.69 Å². The first-order valence-electron chi connectivity index (χ1n) is 5.90. The minimum absolute atomic E-state index is 0. The minimum atomic E-state index is -0.416. The van der Waals surface area contributed by atoms with Gasteiger partial charge in [-0.1, -0.05) is 6.08 Å². The molecule has 6 nitrogen and oxygen atoms in total. The number of hydrogen-bond donors (Lipinski definition) is 1. The third kappa shape index (κ3) is 3.46. The molecule has 2 aliphatic rings. The summed E-state index contributed by atoms with van der Waals surface area (Å²) >= 11 is 2.86. The standard InChI is InChI=1S/C12H10N4O2S2.ClH/c17-16(18)9-4-3-6-13-10(9)19-11-14-8-12(20-11)5-1-2-7-15-12;/h1-7,15H,8H2;1H. The number of quaternary nitrogens is 1. The summed E-state index contributed by atoms with van der Waals surface area (Å²) in [5, 5.41) is 13.5. The molecule has 0 bridgehead atoms. The quantitative estimate of drug-likeness (QED) is 0.524. The van der Waals surface area contributed by atoms with Crippen molar-refractivity contribution < 1.29 is 22.6 Å². The molecule has 1 aromatic rings. The van der Waals surface area contributed by atoms with Crippen LogP contribution in [-0.2, 0) is 0 Å². The summed E-state index contributed by atoms with van der Waals surface area (Å²) in [6, 6.07) is 3.02. The number of pyridine rings is 1. The third-order valence-electron chi connectivity index (χ3n) is 2.84. The van der Waals surface area contributed by atoms with Crippen LogP contribution < -0.4 is 17.7 Å². The van der Waals surface area contributed by atoms with Crippen LogP contribution in [-0.4, -0.2) is 25.7 Å². The summed E-state index contributed by atoms with van der Waals surface area (Å²) in [5.41, 5.74) is 0.0183.